The first kappa shape index (κ1) is 11.7. The number of rotatable bonds is 2. The first-order valence-electron chi connectivity index (χ1n) is 1.63. The maximum absolute atomic E-state index is 9.62. The molecule has 0 aromatic carbocycles. The van der Waals surface area contributed by atoms with Crippen LogP contribution in [0.4, 0.5) is 0 Å². The molecule has 0 rings (SSSR count). The van der Waals surface area contributed by atoms with Gasteiger partial charge < -0.3 is 14.4 Å². The Hall–Kier alpha value is 0.959. The summed E-state index contributed by atoms with van der Waals surface area (Å²) >= 11 is 4.91. The molecule has 0 heterocycles. The van der Waals surface area contributed by atoms with Crippen molar-refractivity contribution in [1.29, 1.82) is 0 Å². The van der Waals surface area contributed by atoms with Gasteiger partial charge in [-0.15, -0.1) is 11.6 Å². The predicted octanol–water partition coefficient (Wildman–Crippen LogP) is -0.864. The number of alkyl halides is 1. The molecule has 3 nitrogen and oxygen atoms in total. The number of hydrogen-bond acceptors (Lipinski definition) is 3. The van der Waals surface area contributed by atoms with Gasteiger partial charge >= 0.3 is 17.1 Å². The summed E-state index contributed by atoms with van der Waals surface area (Å²) in [6, 6.07) is 0. The molecule has 0 aromatic rings. The van der Waals surface area contributed by atoms with E-state index < -0.39 is 13.8 Å². The van der Waals surface area contributed by atoms with Crippen LogP contribution in [-0.2, 0) is 21.6 Å². The van der Waals surface area contributed by atoms with Gasteiger partial charge in [0.2, 0.25) is 0 Å². The smallest absolute Gasteiger partial charge is 0.811 e. The van der Waals surface area contributed by atoms with Crippen LogP contribution < -0.4 is 9.79 Å². The molecule has 1 radical (unpaired) electrons. The summed E-state index contributed by atoms with van der Waals surface area (Å²) in [6.07, 6.45) is -0.450. The van der Waals surface area contributed by atoms with Gasteiger partial charge in [-0.3, -0.25) is 0 Å². The first-order chi connectivity index (χ1) is 3.06. The fourth-order valence-electron chi connectivity index (χ4n) is 0.104. The van der Waals surface area contributed by atoms with Crippen molar-refractivity contribution in [3.63, 3.8) is 0 Å². The van der Waals surface area contributed by atoms with Crippen LogP contribution in [0.3, 0.4) is 0 Å². The molecule has 0 saturated heterocycles. The van der Waals surface area contributed by atoms with E-state index in [4.69, 9.17) is 11.6 Å². The third-order valence-corrected chi connectivity index (χ3v) is 1.58. The minimum atomic E-state index is -4.30. The Morgan fingerprint density at radius 3 is 1.88 bits per heavy atom. The molecule has 6 heteroatoms. The van der Waals surface area contributed by atoms with Crippen LogP contribution >= 0.6 is 19.2 Å². The SMILES string of the molecule is O=P([O-])([O-])CCCl.[Cu+2]. The molecule has 0 aromatic heterocycles. The van der Waals surface area contributed by atoms with E-state index in [1.165, 1.54) is 0 Å². The normalized spacial score (nSPS) is 10.4. The van der Waals surface area contributed by atoms with Crippen LogP contribution in [0.15, 0.2) is 0 Å². The monoisotopic (exact) mass is 205 g/mol. The average Bonchev–Trinajstić information content (AvgIpc) is 1.30. The molecule has 0 bridgehead atoms. The molecule has 0 unspecified atom stereocenters. The Morgan fingerprint density at radius 1 is 1.50 bits per heavy atom. The summed E-state index contributed by atoms with van der Waals surface area (Å²) in [5, 5.41) is 0. The van der Waals surface area contributed by atoms with Crippen molar-refractivity contribution < 1.29 is 31.4 Å². The standard InChI is InChI=1S/C2H6ClO3P.Cu/c3-1-2-7(4,5)6;/h1-2H2,(H2,4,5,6);/q;+2/p-2. The summed E-state index contributed by atoms with van der Waals surface area (Å²) in [5.41, 5.74) is 0. The maximum Gasteiger partial charge on any atom is 2.00 e. The van der Waals surface area contributed by atoms with Gasteiger partial charge in [0, 0.05) is 5.88 Å². The zero-order chi connectivity index (χ0) is 5.91. The second-order valence-corrected chi connectivity index (χ2v) is 3.07. The third-order valence-electron chi connectivity index (χ3n) is 0.358. The van der Waals surface area contributed by atoms with Gasteiger partial charge in [-0.05, 0) is 6.16 Å². The molecule has 0 fully saturated rings. The van der Waals surface area contributed by atoms with Gasteiger partial charge in [-0.25, -0.2) is 0 Å². The molecule has 0 aliphatic carbocycles. The Kier molecular flexibility index (Phi) is 7.04. The predicted molar refractivity (Wildman–Crippen MR) is 23.2 cm³/mol. The fourth-order valence-corrected chi connectivity index (χ4v) is 0.932. The Morgan fingerprint density at radius 2 is 1.88 bits per heavy atom. The molecular weight excluding hydrogens is 202 g/mol. The molecule has 0 atom stereocenters. The third kappa shape index (κ3) is 10.0. The van der Waals surface area contributed by atoms with Gasteiger partial charge in [-0.2, -0.15) is 0 Å². The molecule has 0 aliphatic heterocycles. The van der Waals surface area contributed by atoms with Gasteiger partial charge in [0.15, 0.2) is 0 Å². The molecular formula is C2H4ClCuO3P. The molecule has 0 saturated carbocycles. The van der Waals surface area contributed by atoms with Crippen molar-refractivity contribution in [2.24, 2.45) is 0 Å². The van der Waals surface area contributed by atoms with E-state index >= 15 is 0 Å². The zero-order valence-electron chi connectivity index (χ0n) is 3.77. The largest absolute Gasteiger partial charge is 2.00 e. The van der Waals surface area contributed by atoms with E-state index in [1.807, 2.05) is 0 Å². The summed E-state index contributed by atoms with van der Waals surface area (Å²) < 4.78 is 9.62. The van der Waals surface area contributed by atoms with Gasteiger partial charge in [0.1, 0.15) is 0 Å². The number of hydrogen-bond donors (Lipinski definition) is 0. The Labute approximate surface area is 63.1 Å². The molecule has 0 amide bonds. The van der Waals surface area contributed by atoms with Crippen molar-refractivity contribution in [3.8, 4) is 0 Å². The van der Waals surface area contributed by atoms with Crippen LogP contribution in [0.25, 0.3) is 0 Å². The van der Waals surface area contributed by atoms with E-state index in [-0.39, 0.29) is 22.9 Å². The first-order valence-corrected chi connectivity index (χ1v) is 3.89. The topological polar surface area (TPSA) is 63.2 Å². The van der Waals surface area contributed by atoms with Crippen molar-refractivity contribution in [1.82, 2.24) is 0 Å². The van der Waals surface area contributed by atoms with Crippen molar-refractivity contribution in [3.05, 3.63) is 0 Å². The van der Waals surface area contributed by atoms with Crippen molar-refractivity contribution in [2.75, 3.05) is 12.0 Å². The minimum absolute atomic E-state index is 0. The van der Waals surface area contributed by atoms with Gasteiger partial charge in [-0.1, -0.05) is 7.60 Å². The van der Waals surface area contributed by atoms with E-state index in [0.717, 1.165) is 0 Å². The van der Waals surface area contributed by atoms with Crippen molar-refractivity contribution in [2.45, 2.75) is 0 Å². The van der Waals surface area contributed by atoms with E-state index in [9.17, 15) is 14.4 Å². The summed E-state index contributed by atoms with van der Waals surface area (Å²) in [6.45, 7) is 0. The average molecular weight is 206 g/mol. The van der Waals surface area contributed by atoms with Gasteiger partial charge in [0.25, 0.3) is 0 Å². The fraction of sp³-hybridized carbons (Fsp3) is 1.00. The zero-order valence-corrected chi connectivity index (χ0v) is 6.36. The Bertz CT molecular complexity index is 91.3. The van der Waals surface area contributed by atoms with E-state index in [2.05, 4.69) is 0 Å². The quantitative estimate of drug-likeness (QED) is 0.335. The van der Waals surface area contributed by atoms with Crippen molar-refractivity contribution >= 4 is 19.2 Å². The molecule has 53 valence electrons. The minimum Gasteiger partial charge on any atom is -0.811 e. The molecule has 8 heavy (non-hydrogen) atoms. The van der Waals surface area contributed by atoms with Crippen LogP contribution in [0.2, 0.25) is 0 Å². The summed E-state index contributed by atoms with van der Waals surface area (Å²) in [5.74, 6) is -0.107. The number of halogens is 1. The second kappa shape index (κ2) is 4.80. The summed E-state index contributed by atoms with van der Waals surface area (Å²) in [7, 11) is -4.30. The molecule has 0 spiro atoms. The second-order valence-electron chi connectivity index (χ2n) is 1.02. The van der Waals surface area contributed by atoms with Crippen LogP contribution in [0, 0.1) is 0 Å². The maximum atomic E-state index is 9.62. The van der Waals surface area contributed by atoms with Crippen LogP contribution in [0.1, 0.15) is 0 Å². The molecule has 0 N–H and O–H groups in total. The Balaban J connectivity index is 0. The van der Waals surface area contributed by atoms with Gasteiger partial charge in [0.05, 0.1) is 0 Å². The van der Waals surface area contributed by atoms with E-state index in [0.29, 0.717) is 0 Å². The van der Waals surface area contributed by atoms with Crippen LogP contribution in [-0.4, -0.2) is 12.0 Å². The van der Waals surface area contributed by atoms with Crippen LogP contribution in [0.5, 0.6) is 0 Å². The summed E-state index contributed by atoms with van der Waals surface area (Å²) in [4.78, 5) is 19.2. The van der Waals surface area contributed by atoms with E-state index in [1.54, 1.807) is 0 Å². The molecule has 0 aliphatic rings.